The fourth-order valence-corrected chi connectivity index (χ4v) is 2.46. The Morgan fingerprint density at radius 3 is 2.70 bits per heavy atom. The van der Waals surface area contributed by atoms with Crippen molar-refractivity contribution >= 4 is 10.8 Å². The second kappa shape index (κ2) is 5.31. The Hall–Kier alpha value is -2.39. The second-order valence-corrected chi connectivity index (χ2v) is 4.64. The molecule has 3 aromatic rings. The molecule has 3 heteroatoms. The third kappa shape index (κ3) is 2.12. The van der Waals surface area contributed by atoms with Crippen LogP contribution in [0.2, 0.25) is 0 Å². The number of hydrogen-bond acceptors (Lipinski definition) is 3. The molecular weight excluding hydrogens is 248 g/mol. The Balaban J connectivity index is 2.25. The maximum Gasteiger partial charge on any atom is 0.119 e. The van der Waals surface area contributed by atoms with Gasteiger partial charge in [0.2, 0.25) is 0 Å². The number of methoxy groups -OCH3 is 1. The molecule has 1 aromatic heterocycles. The van der Waals surface area contributed by atoms with E-state index in [4.69, 9.17) is 10.5 Å². The molecule has 0 aliphatic rings. The number of benzene rings is 2. The first-order chi connectivity index (χ1) is 9.83. The standard InChI is InChI=1S/C17H16N2O/c1-20-14-6-7-16(13(8-14)9-18)17-11-19-10-12-4-2-3-5-15(12)17/h2-8,10-11H,9,18H2,1H3. The molecule has 2 N–H and O–H groups in total. The van der Waals surface area contributed by atoms with Gasteiger partial charge in [0.05, 0.1) is 7.11 Å². The summed E-state index contributed by atoms with van der Waals surface area (Å²) in [6.07, 6.45) is 3.77. The monoisotopic (exact) mass is 264 g/mol. The Kier molecular flexibility index (Phi) is 3.35. The summed E-state index contributed by atoms with van der Waals surface area (Å²) in [5.41, 5.74) is 9.15. The zero-order valence-corrected chi connectivity index (χ0v) is 11.3. The van der Waals surface area contributed by atoms with Crippen molar-refractivity contribution in [1.82, 2.24) is 4.98 Å². The van der Waals surface area contributed by atoms with Crippen molar-refractivity contribution in [2.45, 2.75) is 6.54 Å². The Morgan fingerprint density at radius 2 is 1.90 bits per heavy atom. The van der Waals surface area contributed by atoms with E-state index in [1.807, 2.05) is 42.7 Å². The molecule has 0 bridgehead atoms. The van der Waals surface area contributed by atoms with Crippen molar-refractivity contribution in [2.24, 2.45) is 5.73 Å². The lowest BCUT2D eigenvalue weighted by Gasteiger charge is -2.12. The van der Waals surface area contributed by atoms with E-state index < -0.39 is 0 Å². The number of pyridine rings is 1. The summed E-state index contributed by atoms with van der Waals surface area (Å²) in [7, 11) is 1.66. The van der Waals surface area contributed by atoms with Crippen LogP contribution in [0.3, 0.4) is 0 Å². The molecular formula is C17H16N2O. The zero-order valence-electron chi connectivity index (χ0n) is 11.3. The predicted octanol–water partition coefficient (Wildman–Crippen LogP) is 3.37. The van der Waals surface area contributed by atoms with Gasteiger partial charge < -0.3 is 10.5 Å². The molecule has 0 atom stereocenters. The molecule has 0 saturated carbocycles. The van der Waals surface area contributed by atoms with Gasteiger partial charge in [0.25, 0.3) is 0 Å². The average molecular weight is 264 g/mol. The minimum atomic E-state index is 0.468. The van der Waals surface area contributed by atoms with Crippen molar-refractivity contribution < 1.29 is 4.74 Å². The first-order valence-corrected chi connectivity index (χ1v) is 6.53. The van der Waals surface area contributed by atoms with Gasteiger partial charge in [-0.15, -0.1) is 0 Å². The van der Waals surface area contributed by atoms with Gasteiger partial charge in [0, 0.05) is 29.9 Å². The molecule has 3 rings (SSSR count). The molecule has 3 nitrogen and oxygen atoms in total. The maximum atomic E-state index is 5.88. The first kappa shape index (κ1) is 12.6. The number of hydrogen-bond donors (Lipinski definition) is 1. The van der Waals surface area contributed by atoms with Crippen molar-refractivity contribution in [1.29, 1.82) is 0 Å². The van der Waals surface area contributed by atoms with Crippen LogP contribution in [0.1, 0.15) is 5.56 Å². The van der Waals surface area contributed by atoms with Crippen LogP contribution in [0.25, 0.3) is 21.9 Å². The van der Waals surface area contributed by atoms with Crippen LogP contribution in [0, 0.1) is 0 Å². The summed E-state index contributed by atoms with van der Waals surface area (Å²) in [4.78, 5) is 4.34. The summed E-state index contributed by atoms with van der Waals surface area (Å²) in [6.45, 7) is 0.468. The van der Waals surface area contributed by atoms with Crippen molar-refractivity contribution in [3.8, 4) is 16.9 Å². The smallest absolute Gasteiger partial charge is 0.119 e. The normalized spacial score (nSPS) is 10.7. The summed E-state index contributed by atoms with van der Waals surface area (Å²) < 4.78 is 5.26. The van der Waals surface area contributed by atoms with E-state index in [0.29, 0.717) is 6.54 Å². The van der Waals surface area contributed by atoms with Gasteiger partial charge in [0.1, 0.15) is 5.75 Å². The maximum absolute atomic E-state index is 5.88. The van der Waals surface area contributed by atoms with Crippen LogP contribution in [0.4, 0.5) is 0 Å². The van der Waals surface area contributed by atoms with E-state index in [1.165, 1.54) is 5.39 Å². The summed E-state index contributed by atoms with van der Waals surface area (Å²) in [5.74, 6) is 0.822. The second-order valence-electron chi connectivity index (χ2n) is 4.64. The van der Waals surface area contributed by atoms with Gasteiger partial charge in [-0.2, -0.15) is 0 Å². The van der Waals surface area contributed by atoms with E-state index in [1.54, 1.807) is 7.11 Å². The number of rotatable bonds is 3. The van der Waals surface area contributed by atoms with Crippen LogP contribution in [-0.4, -0.2) is 12.1 Å². The summed E-state index contributed by atoms with van der Waals surface area (Å²) in [6, 6.07) is 14.2. The number of nitrogens with zero attached hydrogens (tertiary/aromatic N) is 1. The van der Waals surface area contributed by atoms with Crippen LogP contribution in [0.5, 0.6) is 5.75 Å². The molecule has 0 aliphatic carbocycles. The van der Waals surface area contributed by atoms with E-state index >= 15 is 0 Å². The molecule has 0 aliphatic heterocycles. The molecule has 0 spiro atoms. The number of aromatic nitrogens is 1. The largest absolute Gasteiger partial charge is 0.497 e. The highest BCUT2D eigenvalue weighted by Crippen LogP contribution is 2.31. The summed E-state index contributed by atoms with van der Waals surface area (Å²) >= 11 is 0. The fraction of sp³-hybridized carbons (Fsp3) is 0.118. The molecule has 0 radical (unpaired) electrons. The number of nitrogens with two attached hydrogens (primary N) is 1. The third-order valence-corrected chi connectivity index (χ3v) is 3.49. The molecule has 0 unspecified atom stereocenters. The lowest BCUT2D eigenvalue weighted by molar-refractivity contribution is 0.414. The molecule has 0 fully saturated rings. The lowest BCUT2D eigenvalue weighted by atomic mass is 9.96. The van der Waals surface area contributed by atoms with Gasteiger partial charge in [-0.25, -0.2) is 0 Å². The average Bonchev–Trinajstić information content (AvgIpc) is 2.53. The predicted molar refractivity (Wildman–Crippen MR) is 81.6 cm³/mol. The highest BCUT2D eigenvalue weighted by Gasteiger charge is 2.09. The highest BCUT2D eigenvalue weighted by atomic mass is 16.5. The van der Waals surface area contributed by atoms with Gasteiger partial charge in [-0.05, 0) is 28.6 Å². The van der Waals surface area contributed by atoms with Crippen molar-refractivity contribution in [2.75, 3.05) is 7.11 Å². The highest BCUT2D eigenvalue weighted by molar-refractivity contribution is 5.96. The Labute approximate surface area is 118 Å². The SMILES string of the molecule is COc1ccc(-c2cncc3ccccc23)c(CN)c1. The topological polar surface area (TPSA) is 48.1 Å². The van der Waals surface area contributed by atoms with Gasteiger partial charge in [-0.1, -0.05) is 30.3 Å². The lowest BCUT2D eigenvalue weighted by Crippen LogP contribution is -2.00. The Morgan fingerprint density at radius 1 is 1.05 bits per heavy atom. The molecule has 100 valence electrons. The summed E-state index contributed by atoms with van der Waals surface area (Å²) in [5, 5.41) is 2.31. The zero-order chi connectivity index (χ0) is 13.9. The van der Waals surface area contributed by atoms with E-state index in [-0.39, 0.29) is 0 Å². The molecule has 0 saturated heterocycles. The minimum Gasteiger partial charge on any atom is -0.497 e. The molecule has 0 amide bonds. The van der Waals surface area contributed by atoms with Gasteiger partial charge in [0.15, 0.2) is 0 Å². The van der Waals surface area contributed by atoms with Crippen molar-refractivity contribution in [3.05, 3.63) is 60.4 Å². The van der Waals surface area contributed by atoms with Gasteiger partial charge in [-0.3, -0.25) is 4.98 Å². The fourth-order valence-electron chi connectivity index (χ4n) is 2.46. The van der Waals surface area contributed by atoms with Crippen LogP contribution >= 0.6 is 0 Å². The van der Waals surface area contributed by atoms with Gasteiger partial charge >= 0.3 is 0 Å². The van der Waals surface area contributed by atoms with Crippen LogP contribution in [0.15, 0.2) is 54.9 Å². The molecule has 20 heavy (non-hydrogen) atoms. The van der Waals surface area contributed by atoms with Crippen LogP contribution in [-0.2, 0) is 6.54 Å². The molecule has 1 heterocycles. The number of fused-ring (bicyclic) bond motifs is 1. The first-order valence-electron chi connectivity index (χ1n) is 6.53. The Bertz CT molecular complexity index is 748. The van der Waals surface area contributed by atoms with E-state index in [9.17, 15) is 0 Å². The van der Waals surface area contributed by atoms with Crippen LogP contribution < -0.4 is 10.5 Å². The van der Waals surface area contributed by atoms with E-state index in [2.05, 4.69) is 17.1 Å². The number of ether oxygens (including phenoxy) is 1. The van der Waals surface area contributed by atoms with Crippen molar-refractivity contribution in [3.63, 3.8) is 0 Å². The quantitative estimate of drug-likeness (QED) is 0.789. The third-order valence-electron chi connectivity index (χ3n) is 3.49. The molecule has 2 aromatic carbocycles. The minimum absolute atomic E-state index is 0.468. The van der Waals surface area contributed by atoms with E-state index in [0.717, 1.165) is 27.8 Å².